The van der Waals surface area contributed by atoms with Gasteiger partial charge in [0.2, 0.25) is 0 Å². The lowest BCUT2D eigenvalue weighted by Gasteiger charge is -2.13. The van der Waals surface area contributed by atoms with Crippen molar-refractivity contribution in [1.82, 2.24) is 10.1 Å². The SMILES string of the molecule is O=C(CON1C(=O)CCC1=O)c1cccc(C(=O)ON2C(=O)CCC2=O)c1. The van der Waals surface area contributed by atoms with Crippen molar-refractivity contribution in [3.63, 3.8) is 0 Å². The third kappa shape index (κ3) is 3.90. The molecule has 2 heterocycles. The molecule has 0 N–H and O–H groups in total. The van der Waals surface area contributed by atoms with E-state index in [1.165, 1.54) is 24.3 Å². The van der Waals surface area contributed by atoms with Crippen molar-refractivity contribution < 1.29 is 38.4 Å². The molecule has 1 aromatic carbocycles. The Labute approximate surface area is 152 Å². The highest BCUT2D eigenvalue weighted by Gasteiger charge is 2.33. The molecule has 0 radical (unpaired) electrons. The maximum atomic E-state index is 12.2. The Morgan fingerprint density at radius 3 is 1.93 bits per heavy atom. The molecular weight excluding hydrogens is 360 g/mol. The highest BCUT2D eigenvalue weighted by atomic mass is 16.7. The number of carbonyl (C=O) groups excluding carboxylic acids is 6. The summed E-state index contributed by atoms with van der Waals surface area (Å²) in [7, 11) is 0. The van der Waals surface area contributed by atoms with Gasteiger partial charge in [0.1, 0.15) is 6.61 Å². The van der Waals surface area contributed by atoms with Crippen molar-refractivity contribution >= 4 is 35.4 Å². The fourth-order valence-electron chi connectivity index (χ4n) is 2.52. The molecule has 0 spiro atoms. The summed E-state index contributed by atoms with van der Waals surface area (Å²) in [5.74, 6) is -3.83. The summed E-state index contributed by atoms with van der Waals surface area (Å²) in [6, 6.07) is 5.36. The first-order valence-corrected chi connectivity index (χ1v) is 8.07. The highest BCUT2D eigenvalue weighted by Crippen LogP contribution is 2.16. The molecule has 3 rings (SSSR count). The lowest BCUT2D eigenvalue weighted by molar-refractivity contribution is -0.183. The first-order valence-electron chi connectivity index (χ1n) is 8.07. The Morgan fingerprint density at radius 2 is 1.33 bits per heavy atom. The first-order chi connectivity index (χ1) is 12.9. The predicted octanol–water partition coefficient (Wildman–Crippen LogP) is 0.171. The quantitative estimate of drug-likeness (QED) is 0.509. The van der Waals surface area contributed by atoms with Crippen LogP contribution in [0.25, 0.3) is 0 Å². The molecule has 0 aliphatic carbocycles. The molecule has 27 heavy (non-hydrogen) atoms. The zero-order valence-electron chi connectivity index (χ0n) is 14.0. The van der Waals surface area contributed by atoms with E-state index in [-0.39, 0.29) is 36.8 Å². The number of ketones is 1. The number of hydroxylamine groups is 4. The number of nitrogens with zero attached hydrogens (tertiary/aromatic N) is 2. The van der Waals surface area contributed by atoms with Gasteiger partial charge in [-0.15, -0.1) is 5.06 Å². The standard InChI is InChI=1S/C17H14N2O8/c20-12(9-26-18-13(21)4-5-14(18)22)10-2-1-3-11(8-10)17(25)27-19-15(23)6-7-16(19)24/h1-3,8H,4-7,9H2. The number of hydrogen-bond donors (Lipinski definition) is 0. The molecule has 2 aliphatic heterocycles. The molecule has 2 fully saturated rings. The van der Waals surface area contributed by atoms with Crippen LogP contribution >= 0.6 is 0 Å². The summed E-state index contributed by atoms with van der Waals surface area (Å²) in [5, 5.41) is 0.963. The van der Waals surface area contributed by atoms with Gasteiger partial charge in [-0.1, -0.05) is 12.1 Å². The molecule has 0 unspecified atom stereocenters. The number of hydrogen-bond acceptors (Lipinski definition) is 8. The van der Waals surface area contributed by atoms with Gasteiger partial charge in [0, 0.05) is 31.2 Å². The second-order valence-electron chi connectivity index (χ2n) is 5.82. The van der Waals surface area contributed by atoms with E-state index >= 15 is 0 Å². The fraction of sp³-hybridized carbons (Fsp3) is 0.294. The Kier molecular flexibility index (Phi) is 5.08. The largest absolute Gasteiger partial charge is 0.363 e. The summed E-state index contributed by atoms with van der Waals surface area (Å²) >= 11 is 0. The Morgan fingerprint density at radius 1 is 0.815 bits per heavy atom. The van der Waals surface area contributed by atoms with Crippen LogP contribution < -0.4 is 0 Å². The van der Waals surface area contributed by atoms with E-state index in [9.17, 15) is 28.8 Å². The van der Waals surface area contributed by atoms with Crippen LogP contribution in [0, 0.1) is 0 Å². The Bertz CT molecular complexity index is 830. The minimum atomic E-state index is -0.973. The second-order valence-corrected chi connectivity index (χ2v) is 5.82. The average Bonchev–Trinajstić information content (AvgIpc) is 3.15. The molecule has 0 atom stereocenters. The molecule has 0 bridgehead atoms. The zero-order valence-corrected chi connectivity index (χ0v) is 14.0. The number of Topliss-reactive ketones (excluding diaryl/α,β-unsaturated/α-hetero) is 1. The molecule has 2 aliphatic rings. The van der Waals surface area contributed by atoms with Gasteiger partial charge in [-0.3, -0.25) is 28.8 Å². The highest BCUT2D eigenvalue weighted by molar-refractivity contribution is 6.04. The molecule has 4 amide bonds. The second kappa shape index (κ2) is 7.46. The lowest BCUT2D eigenvalue weighted by Crippen LogP contribution is -2.32. The fourth-order valence-corrected chi connectivity index (χ4v) is 2.52. The van der Waals surface area contributed by atoms with Crippen molar-refractivity contribution in [3.05, 3.63) is 35.4 Å². The molecule has 1 aromatic rings. The number of imide groups is 2. The van der Waals surface area contributed by atoms with Gasteiger partial charge in [-0.25, -0.2) is 4.79 Å². The van der Waals surface area contributed by atoms with Crippen LogP contribution in [-0.4, -0.2) is 52.1 Å². The van der Waals surface area contributed by atoms with E-state index in [1.54, 1.807) is 0 Å². The van der Waals surface area contributed by atoms with E-state index in [0.717, 1.165) is 0 Å². The summed E-state index contributed by atoms with van der Waals surface area (Å²) in [6.07, 6.45) is -0.00356. The van der Waals surface area contributed by atoms with Crippen molar-refractivity contribution in [2.45, 2.75) is 25.7 Å². The van der Waals surface area contributed by atoms with E-state index in [1.807, 2.05) is 0 Å². The molecule has 0 aromatic heterocycles. The van der Waals surface area contributed by atoms with E-state index in [2.05, 4.69) is 0 Å². The Balaban J connectivity index is 1.64. The van der Waals surface area contributed by atoms with Gasteiger partial charge < -0.3 is 4.84 Å². The maximum absolute atomic E-state index is 12.2. The maximum Gasteiger partial charge on any atom is 0.363 e. The predicted molar refractivity (Wildman–Crippen MR) is 84.3 cm³/mol. The normalized spacial score (nSPS) is 17.0. The number of rotatable bonds is 6. The van der Waals surface area contributed by atoms with Crippen molar-refractivity contribution in [2.24, 2.45) is 0 Å². The van der Waals surface area contributed by atoms with Crippen LogP contribution in [0.15, 0.2) is 24.3 Å². The lowest BCUT2D eigenvalue weighted by atomic mass is 10.1. The number of benzene rings is 1. The van der Waals surface area contributed by atoms with Crippen LogP contribution in [0.2, 0.25) is 0 Å². The third-order valence-electron chi connectivity index (χ3n) is 3.93. The molecule has 10 heteroatoms. The van der Waals surface area contributed by atoms with Gasteiger partial charge >= 0.3 is 5.97 Å². The minimum absolute atomic E-state index is 0.0300. The van der Waals surface area contributed by atoms with Gasteiger partial charge in [0.25, 0.3) is 23.6 Å². The topological polar surface area (TPSA) is 127 Å². The van der Waals surface area contributed by atoms with Crippen molar-refractivity contribution in [1.29, 1.82) is 0 Å². The van der Waals surface area contributed by atoms with Crippen LogP contribution in [-0.2, 0) is 28.9 Å². The van der Waals surface area contributed by atoms with Gasteiger partial charge in [0.15, 0.2) is 5.78 Å². The monoisotopic (exact) mass is 374 g/mol. The van der Waals surface area contributed by atoms with Crippen LogP contribution in [0.3, 0.4) is 0 Å². The molecule has 2 saturated heterocycles. The van der Waals surface area contributed by atoms with Gasteiger partial charge in [-0.2, -0.15) is 5.06 Å². The summed E-state index contributed by atoms with van der Waals surface area (Å²) in [6.45, 7) is -0.570. The summed E-state index contributed by atoms with van der Waals surface area (Å²) < 4.78 is 0. The summed E-state index contributed by atoms with van der Waals surface area (Å²) in [4.78, 5) is 79.9. The zero-order chi connectivity index (χ0) is 19.6. The van der Waals surface area contributed by atoms with Gasteiger partial charge in [0.05, 0.1) is 5.56 Å². The minimum Gasteiger partial charge on any atom is -0.325 e. The van der Waals surface area contributed by atoms with Crippen LogP contribution in [0.5, 0.6) is 0 Å². The average molecular weight is 374 g/mol. The number of amides is 4. The van der Waals surface area contributed by atoms with Crippen LogP contribution in [0.4, 0.5) is 0 Å². The molecule has 10 nitrogen and oxygen atoms in total. The van der Waals surface area contributed by atoms with E-state index in [4.69, 9.17) is 9.68 Å². The first kappa shape index (κ1) is 18.4. The molecule has 0 saturated carbocycles. The van der Waals surface area contributed by atoms with Gasteiger partial charge in [-0.05, 0) is 12.1 Å². The molecule has 140 valence electrons. The van der Waals surface area contributed by atoms with Crippen molar-refractivity contribution in [2.75, 3.05) is 6.61 Å². The molecular formula is C17H14N2O8. The van der Waals surface area contributed by atoms with E-state index in [0.29, 0.717) is 10.1 Å². The third-order valence-corrected chi connectivity index (χ3v) is 3.93. The van der Waals surface area contributed by atoms with E-state index < -0.39 is 42.0 Å². The van der Waals surface area contributed by atoms with Crippen molar-refractivity contribution in [3.8, 4) is 0 Å². The Hall–Kier alpha value is -3.40. The number of carbonyl (C=O) groups is 6. The summed E-state index contributed by atoms with van der Waals surface area (Å²) in [5.41, 5.74) is 0.0179. The smallest absolute Gasteiger partial charge is 0.325 e. The van der Waals surface area contributed by atoms with Crippen LogP contribution in [0.1, 0.15) is 46.4 Å².